The van der Waals surface area contributed by atoms with Gasteiger partial charge in [-0.15, -0.1) is 0 Å². The zero-order valence-corrected chi connectivity index (χ0v) is 8.80. The minimum Gasteiger partial charge on any atom is -0.396 e. The molecule has 1 fully saturated rings. The Labute approximate surface area is 85.9 Å². The van der Waals surface area contributed by atoms with E-state index in [0.717, 1.165) is 18.9 Å². The van der Waals surface area contributed by atoms with Crippen LogP contribution >= 0.6 is 0 Å². The van der Waals surface area contributed by atoms with Crippen molar-refractivity contribution in [1.82, 2.24) is 5.32 Å². The number of hydrogen-bond donors (Lipinski definition) is 2. The molecule has 0 radical (unpaired) electrons. The van der Waals surface area contributed by atoms with Crippen molar-refractivity contribution in [3.05, 3.63) is 0 Å². The molecule has 0 aromatic carbocycles. The standard InChI is InChI=1S/C11H21NO2/c13-9-7-11(14)12-8-6-10-4-2-1-3-5-10/h10,13H,1-9H2,(H,12,14). The summed E-state index contributed by atoms with van der Waals surface area (Å²) >= 11 is 0. The summed E-state index contributed by atoms with van der Waals surface area (Å²) in [4.78, 5) is 11.0. The molecule has 0 unspecified atom stereocenters. The Bertz CT molecular complexity index is 165. The molecule has 3 nitrogen and oxygen atoms in total. The Morgan fingerprint density at radius 3 is 2.64 bits per heavy atom. The Balaban J connectivity index is 1.99. The first kappa shape index (κ1) is 11.5. The second-order valence-corrected chi connectivity index (χ2v) is 4.12. The van der Waals surface area contributed by atoms with E-state index >= 15 is 0 Å². The van der Waals surface area contributed by atoms with E-state index in [1.807, 2.05) is 0 Å². The molecule has 0 aromatic heterocycles. The van der Waals surface area contributed by atoms with Gasteiger partial charge in [0.25, 0.3) is 0 Å². The summed E-state index contributed by atoms with van der Waals surface area (Å²) in [7, 11) is 0. The van der Waals surface area contributed by atoms with Gasteiger partial charge >= 0.3 is 0 Å². The number of carbonyl (C=O) groups excluding carboxylic acids is 1. The largest absolute Gasteiger partial charge is 0.396 e. The van der Waals surface area contributed by atoms with Gasteiger partial charge in [0.15, 0.2) is 0 Å². The summed E-state index contributed by atoms with van der Waals surface area (Å²) in [5, 5.41) is 11.4. The minimum atomic E-state index is -0.0464. The van der Waals surface area contributed by atoms with Crippen molar-refractivity contribution in [2.24, 2.45) is 5.92 Å². The second-order valence-electron chi connectivity index (χ2n) is 4.12. The fourth-order valence-corrected chi connectivity index (χ4v) is 2.08. The maximum atomic E-state index is 11.0. The monoisotopic (exact) mass is 199 g/mol. The molecule has 0 aliphatic heterocycles. The summed E-state index contributed by atoms with van der Waals surface area (Å²) in [6.07, 6.45) is 8.10. The van der Waals surface area contributed by atoms with E-state index in [9.17, 15) is 4.79 Å². The van der Waals surface area contributed by atoms with E-state index in [2.05, 4.69) is 5.32 Å². The van der Waals surface area contributed by atoms with Crippen LogP contribution in [0, 0.1) is 5.92 Å². The molecular weight excluding hydrogens is 178 g/mol. The topological polar surface area (TPSA) is 49.3 Å². The predicted octanol–water partition coefficient (Wildman–Crippen LogP) is 1.46. The third kappa shape index (κ3) is 4.61. The van der Waals surface area contributed by atoms with Crippen molar-refractivity contribution in [3.8, 4) is 0 Å². The summed E-state index contributed by atoms with van der Waals surface area (Å²) in [6.45, 7) is 0.735. The van der Waals surface area contributed by atoms with E-state index in [1.165, 1.54) is 32.1 Å². The number of rotatable bonds is 5. The molecular formula is C11H21NO2. The van der Waals surface area contributed by atoms with Crippen LogP contribution in [-0.4, -0.2) is 24.2 Å². The van der Waals surface area contributed by atoms with E-state index in [1.54, 1.807) is 0 Å². The molecule has 0 bridgehead atoms. The molecule has 3 heteroatoms. The summed E-state index contributed by atoms with van der Waals surface area (Å²) < 4.78 is 0. The first-order chi connectivity index (χ1) is 6.83. The van der Waals surface area contributed by atoms with Crippen molar-refractivity contribution in [3.63, 3.8) is 0 Å². The number of nitrogens with one attached hydrogen (secondary N) is 1. The molecule has 0 aromatic rings. The molecule has 0 saturated heterocycles. The van der Waals surface area contributed by atoms with Gasteiger partial charge in [-0.25, -0.2) is 0 Å². The van der Waals surface area contributed by atoms with Crippen LogP contribution in [0.4, 0.5) is 0 Å². The highest BCUT2D eigenvalue weighted by atomic mass is 16.3. The van der Waals surface area contributed by atoms with Gasteiger partial charge in [-0.05, 0) is 12.3 Å². The van der Waals surface area contributed by atoms with Crippen molar-refractivity contribution in [2.75, 3.05) is 13.2 Å². The summed E-state index contributed by atoms with van der Waals surface area (Å²) in [5.41, 5.74) is 0. The van der Waals surface area contributed by atoms with E-state index < -0.39 is 0 Å². The van der Waals surface area contributed by atoms with Crippen LogP contribution in [0.1, 0.15) is 44.9 Å². The van der Waals surface area contributed by atoms with Gasteiger partial charge in [-0.1, -0.05) is 32.1 Å². The Kier molecular flexibility index (Phi) is 5.60. The molecule has 1 amide bonds. The maximum absolute atomic E-state index is 11.0. The van der Waals surface area contributed by atoms with Crippen molar-refractivity contribution in [2.45, 2.75) is 44.9 Å². The lowest BCUT2D eigenvalue weighted by atomic mass is 9.87. The summed E-state index contributed by atoms with van der Waals surface area (Å²) in [6, 6.07) is 0. The van der Waals surface area contributed by atoms with E-state index in [-0.39, 0.29) is 18.9 Å². The highest BCUT2D eigenvalue weighted by Gasteiger charge is 2.12. The molecule has 1 aliphatic rings. The molecule has 1 aliphatic carbocycles. The van der Waals surface area contributed by atoms with Crippen LogP contribution < -0.4 is 5.32 Å². The zero-order valence-electron chi connectivity index (χ0n) is 8.80. The minimum absolute atomic E-state index is 0.0247. The smallest absolute Gasteiger partial charge is 0.222 e. The van der Waals surface area contributed by atoms with Gasteiger partial charge in [0.2, 0.25) is 5.91 Å². The number of aliphatic hydroxyl groups excluding tert-OH is 1. The van der Waals surface area contributed by atoms with Gasteiger partial charge in [-0.2, -0.15) is 0 Å². The fourth-order valence-electron chi connectivity index (χ4n) is 2.08. The van der Waals surface area contributed by atoms with Gasteiger partial charge in [0, 0.05) is 13.0 Å². The van der Waals surface area contributed by atoms with Crippen molar-refractivity contribution in [1.29, 1.82) is 0 Å². The first-order valence-corrected chi connectivity index (χ1v) is 5.70. The van der Waals surface area contributed by atoms with Gasteiger partial charge in [-0.3, -0.25) is 4.79 Å². The van der Waals surface area contributed by atoms with Crippen LogP contribution in [0.3, 0.4) is 0 Å². The van der Waals surface area contributed by atoms with Crippen LogP contribution in [0.25, 0.3) is 0 Å². The molecule has 2 N–H and O–H groups in total. The highest BCUT2D eigenvalue weighted by Crippen LogP contribution is 2.25. The molecule has 1 saturated carbocycles. The quantitative estimate of drug-likeness (QED) is 0.704. The van der Waals surface area contributed by atoms with Crippen LogP contribution in [0.2, 0.25) is 0 Å². The number of carbonyl (C=O) groups is 1. The number of hydrogen-bond acceptors (Lipinski definition) is 2. The Morgan fingerprint density at radius 1 is 1.29 bits per heavy atom. The lowest BCUT2D eigenvalue weighted by Crippen LogP contribution is -2.26. The van der Waals surface area contributed by atoms with Gasteiger partial charge < -0.3 is 10.4 Å². The molecule has 0 heterocycles. The van der Waals surface area contributed by atoms with E-state index in [0.29, 0.717) is 0 Å². The normalized spacial score (nSPS) is 18.1. The SMILES string of the molecule is O=C(CCO)NCCC1CCCCC1. The van der Waals surface area contributed by atoms with Crippen molar-refractivity contribution >= 4 is 5.91 Å². The van der Waals surface area contributed by atoms with Crippen LogP contribution in [0.15, 0.2) is 0 Å². The van der Waals surface area contributed by atoms with Crippen LogP contribution in [-0.2, 0) is 4.79 Å². The number of amides is 1. The van der Waals surface area contributed by atoms with E-state index in [4.69, 9.17) is 5.11 Å². The van der Waals surface area contributed by atoms with Crippen LogP contribution in [0.5, 0.6) is 0 Å². The van der Waals surface area contributed by atoms with Gasteiger partial charge in [0.05, 0.1) is 6.61 Å². The fraction of sp³-hybridized carbons (Fsp3) is 0.909. The average Bonchev–Trinajstić information content (AvgIpc) is 2.20. The highest BCUT2D eigenvalue weighted by molar-refractivity contribution is 5.75. The molecule has 14 heavy (non-hydrogen) atoms. The molecule has 82 valence electrons. The Hall–Kier alpha value is -0.570. The molecule has 1 rings (SSSR count). The Morgan fingerprint density at radius 2 is 2.00 bits per heavy atom. The maximum Gasteiger partial charge on any atom is 0.222 e. The lowest BCUT2D eigenvalue weighted by molar-refractivity contribution is -0.121. The zero-order chi connectivity index (χ0) is 10.2. The van der Waals surface area contributed by atoms with Crippen molar-refractivity contribution < 1.29 is 9.90 Å². The van der Waals surface area contributed by atoms with Gasteiger partial charge in [0.1, 0.15) is 0 Å². The second kappa shape index (κ2) is 6.82. The molecule has 0 atom stereocenters. The molecule has 0 spiro atoms. The predicted molar refractivity (Wildman–Crippen MR) is 55.9 cm³/mol. The average molecular weight is 199 g/mol. The third-order valence-corrected chi connectivity index (χ3v) is 2.94. The number of aliphatic hydroxyl groups is 1. The third-order valence-electron chi connectivity index (χ3n) is 2.94. The summed E-state index contributed by atoms with van der Waals surface area (Å²) in [5.74, 6) is 0.793. The first-order valence-electron chi connectivity index (χ1n) is 5.70. The lowest BCUT2D eigenvalue weighted by Gasteiger charge is -2.21.